The summed E-state index contributed by atoms with van der Waals surface area (Å²) in [6, 6.07) is 16.2. The number of amides is 2. The minimum atomic E-state index is -0.313. The molecule has 1 aromatic heterocycles. The minimum absolute atomic E-state index is 0.122. The van der Waals surface area contributed by atoms with Gasteiger partial charge in [0.1, 0.15) is 0 Å². The first kappa shape index (κ1) is 23.1. The number of nitrogen functional groups attached to an aromatic ring is 1. The fraction of sp³-hybridized carbons (Fsp3) is 0.111. The summed E-state index contributed by atoms with van der Waals surface area (Å²) in [5.41, 5.74) is 11.3. The van der Waals surface area contributed by atoms with Crippen LogP contribution in [0.3, 0.4) is 0 Å². The van der Waals surface area contributed by atoms with Gasteiger partial charge in [0.05, 0.1) is 35.5 Å². The molecule has 0 atom stereocenters. The van der Waals surface area contributed by atoms with Crippen molar-refractivity contribution in [2.24, 2.45) is 7.05 Å². The lowest BCUT2D eigenvalue weighted by Crippen LogP contribution is -2.26. The molecule has 4 aromatic rings. The normalized spacial score (nSPS) is 12.5. The highest BCUT2D eigenvalue weighted by atomic mass is 35.5. The van der Waals surface area contributed by atoms with E-state index in [0.717, 1.165) is 22.2 Å². The maximum atomic E-state index is 13.4. The van der Waals surface area contributed by atoms with Gasteiger partial charge in [-0.15, -0.1) is 0 Å². The van der Waals surface area contributed by atoms with Gasteiger partial charge in [0, 0.05) is 40.9 Å². The average Bonchev–Trinajstić information content (AvgIpc) is 3.39. The van der Waals surface area contributed by atoms with Crippen LogP contribution in [0.2, 0.25) is 5.02 Å². The number of nitrogens with zero attached hydrogens (tertiary/aromatic N) is 4. The van der Waals surface area contributed by atoms with Gasteiger partial charge in [-0.05, 0) is 53.1 Å². The Balaban J connectivity index is 1.62. The van der Waals surface area contributed by atoms with E-state index in [1.807, 2.05) is 18.2 Å². The summed E-state index contributed by atoms with van der Waals surface area (Å²) in [5, 5.41) is 17.6. The standard InChI is InChI=1S/C27H21ClN6O2/c1-15(11-29)13-34-14-22-19(6-7-23(30)25(22)27(34)36)16-8-20(21-12-31-33(2)24(21)9-16)26(35)32-18-5-3-4-17(28)10-18/h3-10,12H,1,13-14,30H2,2H3,(H,32,35). The Hall–Kier alpha value is -4.61. The summed E-state index contributed by atoms with van der Waals surface area (Å²) in [6.45, 7) is 4.10. The molecule has 5 rings (SSSR count). The highest BCUT2D eigenvalue weighted by Crippen LogP contribution is 2.38. The van der Waals surface area contributed by atoms with Crippen molar-refractivity contribution >= 4 is 45.7 Å². The van der Waals surface area contributed by atoms with E-state index in [0.29, 0.717) is 32.9 Å². The SMILES string of the molecule is C=C(C#N)CN1Cc2c(-c3cc(C(=O)Nc4cccc(Cl)c4)c4cnn(C)c4c3)ccc(N)c2C1=O. The number of carbonyl (C=O) groups excluding carboxylic acids is 2. The van der Waals surface area contributed by atoms with Crippen molar-refractivity contribution in [3.63, 3.8) is 0 Å². The molecule has 0 spiro atoms. The maximum Gasteiger partial charge on any atom is 0.256 e. The van der Waals surface area contributed by atoms with Gasteiger partial charge in [0.25, 0.3) is 11.8 Å². The fourth-order valence-corrected chi connectivity index (χ4v) is 4.71. The van der Waals surface area contributed by atoms with Crippen LogP contribution < -0.4 is 11.1 Å². The highest BCUT2D eigenvalue weighted by Gasteiger charge is 2.32. The lowest BCUT2D eigenvalue weighted by molar-refractivity contribution is 0.0794. The van der Waals surface area contributed by atoms with E-state index in [1.165, 1.54) is 0 Å². The number of halogens is 1. The van der Waals surface area contributed by atoms with Crippen molar-refractivity contribution in [1.29, 1.82) is 5.26 Å². The number of nitrogens with one attached hydrogen (secondary N) is 1. The number of hydrogen-bond acceptors (Lipinski definition) is 5. The summed E-state index contributed by atoms with van der Waals surface area (Å²) in [5.74, 6) is -0.562. The number of rotatable bonds is 5. The number of nitrogens with two attached hydrogens (primary N) is 1. The van der Waals surface area contributed by atoms with Gasteiger partial charge in [0.2, 0.25) is 0 Å². The van der Waals surface area contributed by atoms with Gasteiger partial charge in [-0.25, -0.2) is 0 Å². The van der Waals surface area contributed by atoms with Crippen molar-refractivity contribution < 1.29 is 9.59 Å². The zero-order valence-electron chi connectivity index (χ0n) is 19.4. The second-order valence-corrected chi connectivity index (χ2v) is 9.06. The van der Waals surface area contributed by atoms with Gasteiger partial charge < -0.3 is 16.0 Å². The maximum absolute atomic E-state index is 13.4. The Kier molecular flexibility index (Phi) is 5.71. The smallest absolute Gasteiger partial charge is 0.256 e. The van der Waals surface area contributed by atoms with Crippen molar-refractivity contribution in [3.8, 4) is 17.2 Å². The van der Waals surface area contributed by atoms with Crippen LogP contribution in [0.15, 0.2) is 66.9 Å². The van der Waals surface area contributed by atoms with E-state index < -0.39 is 0 Å². The van der Waals surface area contributed by atoms with Crippen molar-refractivity contribution in [1.82, 2.24) is 14.7 Å². The number of benzene rings is 3. The Morgan fingerprint density at radius 3 is 2.83 bits per heavy atom. The van der Waals surface area contributed by atoms with Crippen LogP contribution in [0.25, 0.3) is 22.0 Å². The molecule has 0 unspecified atom stereocenters. The third kappa shape index (κ3) is 3.96. The first-order valence-electron chi connectivity index (χ1n) is 11.1. The average molecular weight is 497 g/mol. The Labute approximate surface area is 212 Å². The van der Waals surface area contributed by atoms with Crippen molar-refractivity contribution in [2.45, 2.75) is 6.54 Å². The van der Waals surface area contributed by atoms with Crippen LogP contribution >= 0.6 is 11.6 Å². The van der Waals surface area contributed by atoms with Crippen LogP contribution in [0.5, 0.6) is 0 Å². The number of hydrogen-bond donors (Lipinski definition) is 2. The van der Waals surface area contributed by atoms with Gasteiger partial charge >= 0.3 is 0 Å². The van der Waals surface area contributed by atoms with Crippen molar-refractivity contribution in [2.75, 3.05) is 17.6 Å². The molecular formula is C27H21ClN6O2. The molecule has 0 radical (unpaired) electrons. The molecule has 0 aliphatic carbocycles. The first-order valence-corrected chi connectivity index (χ1v) is 11.5. The molecule has 3 N–H and O–H groups in total. The molecule has 2 heterocycles. The Bertz CT molecular complexity index is 1630. The van der Waals surface area contributed by atoms with Crippen LogP contribution in [0, 0.1) is 11.3 Å². The molecule has 0 saturated carbocycles. The summed E-state index contributed by atoms with van der Waals surface area (Å²) < 4.78 is 1.70. The zero-order chi connectivity index (χ0) is 25.6. The summed E-state index contributed by atoms with van der Waals surface area (Å²) in [6.07, 6.45) is 1.65. The molecule has 2 amide bonds. The summed E-state index contributed by atoms with van der Waals surface area (Å²) in [4.78, 5) is 28.0. The predicted octanol–water partition coefficient (Wildman–Crippen LogP) is 4.76. The molecule has 0 saturated heterocycles. The van der Waals surface area contributed by atoms with E-state index in [-0.39, 0.29) is 30.5 Å². The number of anilines is 2. The number of fused-ring (bicyclic) bond motifs is 2. The predicted molar refractivity (Wildman–Crippen MR) is 139 cm³/mol. The van der Waals surface area contributed by atoms with E-state index in [2.05, 4.69) is 17.0 Å². The largest absolute Gasteiger partial charge is 0.398 e. The third-order valence-corrected chi connectivity index (χ3v) is 6.48. The zero-order valence-corrected chi connectivity index (χ0v) is 20.1. The number of carbonyl (C=O) groups is 2. The summed E-state index contributed by atoms with van der Waals surface area (Å²) in [7, 11) is 1.80. The van der Waals surface area contributed by atoms with Crippen LogP contribution in [0.4, 0.5) is 11.4 Å². The molecule has 9 heteroatoms. The molecule has 178 valence electrons. The molecule has 3 aromatic carbocycles. The minimum Gasteiger partial charge on any atom is -0.398 e. The Morgan fingerprint density at radius 1 is 1.28 bits per heavy atom. The number of aromatic nitrogens is 2. The molecular weight excluding hydrogens is 476 g/mol. The van der Waals surface area contributed by atoms with Crippen LogP contribution in [0.1, 0.15) is 26.3 Å². The molecule has 36 heavy (non-hydrogen) atoms. The second kappa shape index (κ2) is 8.87. The molecule has 0 fully saturated rings. The fourth-order valence-electron chi connectivity index (χ4n) is 4.52. The van der Waals surface area contributed by atoms with Gasteiger partial charge in [-0.1, -0.05) is 30.3 Å². The van der Waals surface area contributed by atoms with Crippen LogP contribution in [-0.2, 0) is 13.6 Å². The van der Waals surface area contributed by atoms with Crippen molar-refractivity contribution in [3.05, 3.63) is 88.6 Å². The quantitative estimate of drug-likeness (QED) is 0.305. The highest BCUT2D eigenvalue weighted by molar-refractivity contribution is 6.31. The van der Waals surface area contributed by atoms with Gasteiger partial charge in [-0.2, -0.15) is 10.4 Å². The number of nitriles is 1. The van der Waals surface area contributed by atoms with Gasteiger partial charge in [-0.3, -0.25) is 14.3 Å². The Morgan fingerprint density at radius 2 is 2.08 bits per heavy atom. The lowest BCUT2D eigenvalue weighted by atomic mass is 9.93. The van der Waals surface area contributed by atoms with E-state index in [4.69, 9.17) is 22.6 Å². The molecule has 8 nitrogen and oxygen atoms in total. The molecule has 1 aliphatic rings. The molecule has 1 aliphatic heterocycles. The molecule has 0 bridgehead atoms. The third-order valence-electron chi connectivity index (χ3n) is 6.24. The lowest BCUT2D eigenvalue weighted by Gasteiger charge is -2.15. The first-order chi connectivity index (χ1) is 17.3. The van der Waals surface area contributed by atoms with Crippen LogP contribution in [-0.4, -0.2) is 33.0 Å². The number of aryl methyl sites for hydroxylation is 1. The van der Waals surface area contributed by atoms with Gasteiger partial charge in [0.15, 0.2) is 0 Å². The monoisotopic (exact) mass is 496 g/mol. The second-order valence-electron chi connectivity index (χ2n) is 8.62. The summed E-state index contributed by atoms with van der Waals surface area (Å²) >= 11 is 6.08. The van der Waals surface area contributed by atoms with E-state index >= 15 is 0 Å². The van der Waals surface area contributed by atoms with E-state index in [1.54, 1.807) is 59.2 Å². The van der Waals surface area contributed by atoms with E-state index in [9.17, 15) is 9.59 Å². The topological polar surface area (TPSA) is 117 Å².